The fourth-order valence-electron chi connectivity index (χ4n) is 3.37. The summed E-state index contributed by atoms with van der Waals surface area (Å²) in [5.74, 6) is 0.191. The summed E-state index contributed by atoms with van der Waals surface area (Å²) >= 11 is 0. The van der Waals surface area contributed by atoms with Crippen molar-refractivity contribution in [3.63, 3.8) is 0 Å². The van der Waals surface area contributed by atoms with Crippen LogP contribution in [0.1, 0.15) is 55.5 Å². The number of likely N-dealkylation sites (tertiary alicyclic amines) is 1. The first-order chi connectivity index (χ1) is 10.0. The third-order valence-electron chi connectivity index (χ3n) is 5.36. The number of carbonyl (C=O) groups excluding carboxylic acids is 1. The van der Waals surface area contributed by atoms with Gasteiger partial charge in [-0.05, 0) is 48.9 Å². The molecule has 0 aromatic heterocycles. The minimum absolute atomic E-state index is 0.191. The van der Waals surface area contributed by atoms with Crippen LogP contribution in [0.2, 0.25) is 0 Å². The second-order valence-electron chi connectivity index (χ2n) is 6.28. The maximum atomic E-state index is 12.7. The summed E-state index contributed by atoms with van der Waals surface area (Å²) in [6.07, 6.45) is 4.72. The minimum atomic E-state index is 0.191. The Morgan fingerprint density at radius 1 is 1.24 bits per heavy atom. The Hall–Kier alpha value is -1.51. The maximum absolute atomic E-state index is 12.7. The van der Waals surface area contributed by atoms with Crippen LogP contribution in [0.15, 0.2) is 18.2 Å². The van der Waals surface area contributed by atoms with Gasteiger partial charge < -0.3 is 10.2 Å². The van der Waals surface area contributed by atoms with Crippen LogP contribution in [-0.4, -0.2) is 30.9 Å². The normalized spacial score (nSPS) is 17.6. The van der Waals surface area contributed by atoms with Gasteiger partial charge in [0.1, 0.15) is 0 Å². The molecule has 1 N–H and O–H groups in total. The van der Waals surface area contributed by atoms with Crippen molar-refractivity contribution in [1.29, 1.82) is 0 Å². The van der Waals surface area contributed by atoms with E-state index in [2.05, 4.69) is 19.2 Å². The van der Waals surface area contributed by atoms with Gasteiger partial charge >= 0.3 is 0 Å². The largest absolute Gasteiger partial charge is 0.388 e. The van der Waals surface area contributed by atoms with E-state index in [0.29, 0.717) is 5.41 Å². The van der Waals surface area contributed by atoms with Crippen LogP contribution in [-0.2, 0) is 0 Å². The zero-order valence-corrected chi connectivity index (χ0v) is 13.8. The number of hydrogen-bond donors (Lipinski definition) is 1. The van der Waals surface area contributed by atoms with E-state index >= 15 is 0 Å². The number of anilines is 1. The molecule has 1 aromatic rings. The predicted octanol–water partition coefficient (Wildman–Crippen LogP) is 4.08. The monoisotopic (exact) mass is 288 g/mol. The predicted molar refractivity (Wildman–Crippen MR) is 88.9 cm³/mol. The molecule has 0 atom stereocenters. The van der Waals surface area contributed by atoms with Crippen LogP contribution in [0, 0.1) is 12.3 Å². The molecule has 0 unspecified atom stereocenters. The summed E-state index contributed by atoms with van der Waals surface area (Å²) in [4.78, 5) is 14.7. The number of piperidine rings is 1. The van der Waals surface area contributed by atoms with Gasteiger partial charge in [-0.25, -0.2) is 0 Å². The SMILES string of the molecule is CCC1(CC)CCN(C(=O)c2ccc(NC)cc2C)CC1. The average Bonchev–Trinajstić information content (AvgIpc) is 2.54. The number of hydrogen-bond acceptors (Lipinski definition) is 2. The van der Waals surface area contributed by atoms with E-state index in [1.165, 1.54) is 12.8 Å². The average molecular weight is 288 g/mol. The first kappa shape index (κ1) is 15.9. The zero-order chi connectivity index (χ0) is 15.5. The second-order valence-corrected chi connectivity index (χ2v) is 6.28. The van der Waals surface area contributed by atoms with Crippen LogP contribution in [0.5, 0.6) is 0 Å². The molecule has 116 valence electrons. The van der Waals surface area contributed by atoms with Crippen molar-refractivity contribution >= 4 is 11.6 Å². The number of benzene rings is 1. The summed E-state index contributed by atoms with van der Waals surface area (Å²) in [7, 11) is 1.90. The number of nitrogens with one attached hydrogen (secondary N) is 1. The molecular formula is C18H28N2O. The summed E-state index contributed by atoms with van der Waals surface area (Å²) in [6, 6.07) is 5.97. The van der Waals surface area contributed by atoms with Crippen LogP contribution < -0.4 is 5.32 Å². The molecule has 21 heavy (non-hydrogen) atoms. The van der Waals surface area contributed by atoms with Gasteiger partial charge in [0.15, 0.2) is 0 Å². The highest BCUT2D eigenvalue weighted by atomic mass is 16.2. The van der Waals surface area contributed by atoms with E-state index in [4.69, 9.17) is 0 Å². The smallest absolute Gasteiger partial charge is 0.254 e. The second kappa shape index (κ2) is 6.50. The molecule has 0 saturated carbocycles. The highest BCUT2D eigenvalue weighted by Gasteiger charge is 2.33. The van der Waals surface area contributed by atoms with Gasteiger partial charge in [-0.1, -0.05) is 26.7 Å². The van der Waals surface area contributed by atoms with E-state index < -0.39 is 0 Å². The van der Waals surface area contributed by atoms with Crippen molar-refractivity contribution in [2.75, 3.05) is 25.5 Å². The molecule has 1 amide bonds. The van der Waals surface area contributed by atoms with Crippen LogP contribution in [0.25, 0.3) is 0 Å². The molecule has 3 nitrogen and oxygen atoms in total. The minimum Gasteiger partial charge on any atom is -0.388 e. The lowest BCUT2D eigenvalue weighted by Gasteiger charge is -2.41. The van der Waals surface area contributed by atoms with Gasteiger partial charge in [-0.2, -0.15) is 0 Å². The lowest BCUT2D eigenvalue weighted by Crippen LogP contribution is -2.43. The molecule has 2 rings (SSSR count). The van der Waals surface area contributed by atoms with Crippen molar-refractivity contribution in [3.8, 4) is 0 Å². The molecule has 1 fully saturated rings. The quantitative estimate of drug-likeness (QED) is 0.905. The van der Waals surface area contributed by atoms with Gasteiger partial charge in [-0.15, -0.1) is 0 Å². The number of nitrogens with zero attached hydrogens (tertiary/aromatic N) is 1. The summed E-state index contributed by atoms with van der Waals surface area (Å²) in [5, 5.41) is 3.11. The van der Waals surface area contributed by atoms with Gasteiger partial charge in [0.2, 0.25) is 0 Å². The van der Waals surface area contributed by atoms with E-state index in [1.54, 1.807) is 0 Å². The molecule has 1 heterocycles. The molecule has 0 radical (unpaired) electrons. The first-order valence-corrected chi connectivity index (χ1v) is 8.13. The molecule has 1 aromatic carbocycles. The number of aryl methyl sites for hydroxylation is 1. The fourth-order valence-corrected chi connectivity index (χ4v) is 3.37. The van der Waals surface area contributed by atoms with Crippen LogP contribution in [0.4, 0.5) is 5.69 Å². The van der Waals surface area contributed by atoms with E-state index in [1.807, 2.05) is 37.1 Å². The third-order valence-corrected chi connectivity index (χ3v) is 5.36. The van der Waals surface area contributed by atoms with Crippen molar-refractivity contribution in [2.24, 2.45) is 5.41 Å². The fraction of sp³-hybridized carbons (Fsp3) is 0.611. The van der Waals surface area contributed by atoms with E-state index in [-0.39, 0.29) is 5.91 Å². The number of carbonyl (C=O) groups is 1. The van der Waals surface area contributed by atoms with Gasteiger partial charge in [-0.3, -0.25) is 4.79 Å². The standard InChI is InChI=1S/C18H28N2O/c1-5-18(6-2)9-11-20(12-10-18)17(21)16-8-7-15(19-4)13-14(16)3/h7-8,13,19H,5-6,9-12H2,1-4H3. The Bertz CT molecular complexity index is 496. The lowest BCUT2D eigenvalue weighted by atomic mass is 9.74. The third kappa shape index (κ3) is 3.22. The van der Waals surface area contributed by atoms with Gasteiger partial charge in [0, 0.05) is 31.4 Å². The molecule has 0 aliphatic carbocycles. The molecule has 1 saturated heterocycles. The van der Waals surface area contributed by atoms with Crippen molar-refractivity contribution in [2.45, 2.75) is 46.5 Å². The summed E-state index contributed by atoms with van der Waals surface area (Å²) in [6.45, 7) is 8.37. The van der Waals surface area contributed by atoms with E-state index in [0.717, 1.165) is 42.7 Å². The summed E-state index contributed by atoms with van der Waals surface area (Å²) < 4.78 is 0. The summed E-state index contributed by atoms with van der Waals surface area (Å²) in [5.41, 5.74) is 3.41. The molecule has 1 aliphatic rings. The maximum Gasteiger partial charge on any atom is 0.254 e. The highest BCUT2D eigenvalue weighted by molar-refractivity contribution is 5.96. The molecule has 0 bridgehead atoms. The Kier molecular flexibility index (Phi) is 4.92. The Balaban J connectivity index is 2.08. The van der Waals surface area contributed by atoms with Crippen molar-refractivity contribution < 1.29 is 4.79 Å². The van der Waals surface area contributed by atoms with E-state index in [9.17, 15) is 4.79 Å². The molecule has 0 spiro atoms. The Labute approximate surface area is 128 Å². The number of rotatable bonds is 4. The highest BCUT2D eigenvalue weighted by Crippen LogP contribution is 2.38. The molecular weight excluding hydrogens is 260 g/mol. The van der Waals surface area contributed by atoms with Crippen LogP contribution in [0.3, 0.4) is 0 Å². The molecule has 3 heteroatoms. The van der Waals surface area contributed by atoms with Crippen molar-refractivity contribution in [1.82, 2.24) is 4.90 Å². The Morgan fingerprint density at radius 3 is 2.33 bits per heavy atom. The Morgan fingerprint density at radius 2 is 1.86 bits per heavy atom. The molecule has 1 aliphatic heterocycles. The topological polar surface area (TPSA) is 32.3 Å². The zero-order valence-electron chi connectivity index (χ0n) is 13.8. The van der Waals surface area contributed by atoms with Gasteiger partial charge in [0.25, 0.3) is 5.91 Å². The first-order valence-electron chi connectivity index (χ1n) is 8.13. The van der Waals surface area contributed by atoms with Crippen LogP contribution >= 0.6 is 0 Å². The lowest BCUT2D eigenvalue weighted by molar-refractivity contribution is 0.0557. The van der Waals surface area contributed by atoms with Gasteiger partial charge in [0.05, 0.1) is 0 Å². The van der Waals surface area contributed by atoms with Crippen molar-refractivity contribution in [3.05, 3.63) is 29.3 Å². The number of amides is 1.